The molecule has 3 heteroatoms. The number of carbonyl (C=O) groups is 1. The van der Waals surface area contributed by atoms with E-state index in [0.29, 0.717) is 4.48 Å². The largest absolute Gasteiger partial charge is 0.544 e. The predicted octanol–water partition coefficient (Wildman–Crippen LogP) is 2.34. The number of hydrogen-bond donors (Lipinski definition) is 0. The number of carboxylic acid groups (broad SMARTS) is 1. The van der Waals surface area contributed by atoms with Gasteiger partial charge in [-0.3, -0.25) is 0 Å². The lowest BCUT2D eigenvalue weighted by molar-refractivity contribution is -0.889. The molecule has 0 aromatic rings. The molecule has 0 aromatic carbocycles. The number of quaternary nitrogens is 1. The first-order valence-corrected chi connectivity index (χ1v) is 7.41. The zero-order valence-electron chi connectivity index (χ0n) is 12.7. The van der Waals surface area contributed by atoms with Gasteiger partial charge < -0.3 is 14.4 Å². The third-order valence-corrected chi connectivity index (χ3v) is 3.54. The van der Waals surface area contributed by atoms with Gasteiger partial charge >= 0.3 is 0 Å². The van der Waals surface area contributed by atoms with Crippen LogP contribution in [0.25, 0.3) is 0 Å². The highest BCUT2D eigenvalue weighted by atomic mass is 16.4. The summed E-state index contributed by atoms with van der Waals surface area (Å²) in [5.41, 5.74) is 0. The van der Waals surface area contributed by atoms with Crippen molar-refractivity contribution in [1.82, 2.24) is 0 Å². The molecule has 0 aliphatic heterocycles. The first-order valence-electron chi connectivity index (χ1n) is 7.41. The summed E-state index contributed by atoms with van der Waals surface area (Å²) in [6, 6.07) is -0.370. The minimum Gasteiger partial charge on any atom is -0.544 e. The Morgan fingerprint density at radius 1 is 0.944 bits per heavy atom. The number of aliphatic carboxylic acids is 1. The Morgan fingerprint density at radius 2 is 1.39 bits per heavy atom. The highest BCUT2D eigenvalue weighted by Gasteiger charge is 2.24. The van der Waals surface area contributed by atoms with E-state index >= 15 is 0 Å². The van der Waals surface area contributed by atoms with Crippen molar-refractivity contribution in [1.29, 1.82) is 0 Å². The second-order valence-electron chi connectivity index (χ2n) is 6.21. The van der Waals surface area contributed by atoms with Crippen LogP contribution >= 0.6 is 0 Å². The van der Waals surface area contributed by atoms with Crippen molar-refractivity contribution in [3.8, 4) is 0 Å². The van der Waals surface area contributed by atoms with E-state index < -0.39 is 5.97 Å². The molecule has 0 heterocycles. The molecule has 0 aliphatic rings. The smallest absolute Gasteiger partial charge is 0.129 e. The fourth-order valence-electron chi connectivity index (χ4n) is 2.29. The maximum Gasteiger partial charge on any atom is 0.129 e. The van der Waals surface area contributed by atoms with Crippen LogP contribution in [-0.2, 0) is 4.79 Å². The summed E-state index contributed by atoms with van der Waals surface area (Å²) in [5, 5.41) is 11.1. The molecule has 0 bridgehead atoms. The highest BCUT2D eigenvalue weighted by molar-refractivity contribution is 5.69. The minimum absolute atomic E-state index is 0.370. The van der Waals surface area contributed by atoms with E-state index in [1.54, 1.807) is 0 Å². The Labute approximate surface area is 113 Å². The molecule has 0 saturated heterocycles. The molecule has 0 amide bonds. The van der Waals surface area contributed by atoms with Gasteiger partial charge in [-0.05, 0) is 6.42 Å². The summed E-state index contributed by atoms with van der Waals surface area (Å²) in [5.74, 6) is -0.912. The van der Waals surface area contributed by atoms with Gasteiger partial charge in [0.15, 0.2) is 0 Å². The third-order valence-electron chi connectivity index (χ3n) is 3.54. The van der Waals surface area contributed by atoms with Crippen molar-refractivity contribution in [2.24, 2.45) is 0 Å². The molecule has 0 spiro atoms. The van der Waals surface area contributed by atoms with Crippen molar-refractivity contribution >= 4 is 5.97 Å². The van der Waals surface area contributed by atoms with Gasteiger partial charge in [0.2, 0.25) is 0 Å². The fraction of sp³-hybridized carbons (Fsp3) is 0.933. The quantitative estimate of drug-likeness (QED) is 0.421. The van der Waals surface area contributed by atoms with E-state index in [9.17, 15) is 9.90 Å². The van der Waals surface area contributed by atoms with Gasteiger partial charge in [0.1, 0.15) is 6.04 Å². The zero-order chi connectivity index (χ0) is 14.0. The molecular formula is C15H31NO2. The summed E-state index contributed by atoms with van der Waals surface area (Å²) in [6.07, 6.45) is 10.7. The normalized spacial score (nSPS) is 13.6. The third kappa shape index (κ3) is 8.51. The van der Waals surface area contributed by atoms with E-state index in [1.807, 2.05) is 21.1 Å². The second kappa shape index (κ2) is 9.37. The van der Waals surface area contributed by atoms with Crippen LogP contribution in [0.3, 0.4) is 0 Å². The molecule has 0 N–H and O–H groups in total. The number of likely N-dealkylation sites (N-methyl/N-ethyl adjacent to an activating group) is 1. The SMILES string of the molecule is CCCCCCCCCCC(C(=O)[O-])[N+](C)(C)C. The molecule has 1 atom stereocenters. The standard InChI is InChI=1S/C15H31NO2/c1-5-6-7-8-9-10-11-12-13-14(15(17)18)16(2,3)4/h14H,5-13H2,1-4H3. The molecule has 0 saturated carbocycles. The Morgan fingerprint density at radius 3 is 1.78 bits per heavy atom. The van der Waals surface area contributed by atoms with Crippen LogP contribution in [0.1, 0.15) is 64.7 Å². The Hall–Kier alpha value is -0.570. The van der Waals surface area contributed by atoms with Crippen molar-refractivity contribution in [2.45, 2.75) is 70.8 Å². The van der Waals surface area contributed by atoms with E-state index in [0.717, 1.165) is 19.3 Å². The van der Waals surface area contributed by atoms with Gasteiger partial charge in [0.25, 0.3) is 0 Å². The van der Waals surface area contributed by atoms with E-state index in [1.165, 1.54) is 38.5 Å². The maximum atomic E-state index is 11.1. The second-order valence-corrected chi connectivity index (χ2v) is 6.21. The topological polar surface area (TPSA) is 40.1 Å². The predicted molar refractivity (Wildman–Crippen MR) is 74.1 cm³/mol. The Kier molecular flexibility index (Phi) is 9.08. The summed E-state index contributed by atoms with van der Waals surface area (Å²) in [4.78, 5) is 11.1. The van der Waals surface area contributed by atoms with Crippen molar-refractivity contribution in [3.63, 3.8) is 0 Å². The summed E-state index contributed by atoms with van der Waals surface area (Å²) in [6.45, 7) is 2.23. The molecule has 18 heavy (non-hydrogen) atoms. The number of rotatable bonds is 11. The van der Waals surface area contributed by atoms with Crippen molar-refractivity contribution in [2.75, 3.05) is 21.1 Å². The molecular weight excluding hydrogens is 226 g/mol. The molecule has 0 rings (SSSR count). The lowest BCUT2D eigenvalue weighted by atomic mass is 10.0. The van der Waals surface area contributed by atoms with Crippen LogP contribution in [0.2, 0.25) is 0 Å². The summed E-state index contributed by atoms with van der Waals surface area (Å²) in [7, 11) is 5.77. The van der Waals surface area contributed by atoms with Crippen LogP contribution in [0, 0.1) is 0 Å². The highest BCUT2D eigenvalue weighted by Crippen LogP contribution is 2.14. The van der Waals surface area contributed by atoms with Crippen LogP contribution in [0.15, 0.2) is 0 Å². The number of carboxylic acids is 1. The first-order chi connectivity index (χ1) is 8.39. The maximum absolute atomic E-state index is 11.1. The van der Waals surface area contributed by atoms with Gasteiger partial charge in [-0.1, -0.05) is 51.9 Å². The summed E-state index contributed by atoms with van der Waals surface area (Å²) >= 11 is 0. The van der Waals surface area contributed by atoms with Crippen molar-refractivity contribution < 1.29 is 14.4 Å². The zero-order valence-corrected chi connectivity index (χ0v) is 12.7. The van der Waals surface area contributed by atoms with Gasteiger partial charge in [-0.2, -0.15) is 0 Å². The molecule has 0 radical (unpaired) electrons. The van der Waals surface area contributed by atoms with E-state index in [4.69, 9.17) is 0 Å². The average molecular weight is 257 g/mol. The number of hydrogen-bond acceptors (Lipinski definition) is 2. The van der Waals surface area contributed by atoms with Crippen LogP contribution in [0.4, 0.5) is 0 Å². The monoisotopic (exact) mass is 257 g/mol. The van der Waals surface area contributed by atoms with E-state index in [-0.39, 0.29) is 6.04 Å². The Balaban J connectivity index is 3.60. The molecule has 1 unspecified atom stereocenters. The molecule has 0 aliphatic carbocycles. The fourth-order valence-corrected chi connectivity index (χ4v) is 2.29. The van der Waals surface area contributed by atoms with Gasteiger partial charge in [0, 0.05) is 6.42 Å². The van der Waals surface area contributed by atoms with Gasteiger partial charge in [-0.15, -0.1) is 0 Å². The first kappa shape index (κ1) is 17.4. The van der Waals surface area contributed by atoms with Crippen LogP contribution in [0.5, 0.6) is 0 Å². The van der Waals surface area contributed by atoms with Crippen LogP contribution < -0.4 is 5.11 Å². The van der Waals surface area contributed by atoms with E-state index in [2.05, 4.69) is 6.92 Å². The van der Waals surface area contributed by atoms with Crippen LogP contribution in [-0.4, -0.2) is 37.6 Å². The average Bonchev–Trinajstić information content (AvgIpc) is 2.24. The number of nitrogens with zero attached hydrogens (tertiary/aromatic N) is 1. The minimum atomic E-state index is -0.912. The lowest BCUT2D eigenvalue weighted by Gasteiger charge is -2.34. The molecule has 3 nitrogen and oxygen atoms in total. The lowest BCUT2D eigenvalue weighted by Crippen LogP contribution is -2.54. The molecule has 0 fully saturated rings. The van der Waals surface area contributed by atoms with Gasteiger partial charge in [0.05, 0.1) is 27.1 Å². The molecule has 108 valence electrons. The Bertz CT molecular complexity index is 221. The number of unbranched alkanes of at least 4 members (excludes halogenated alkanes) is 7. The summed E-state index contributed by atoms with van der Waals surface area (Å²) < 4.78 is 0.457. The number of carbonyl (C=O) groups excluding carboxylic acids is 1. The molecule has 0 aromatic heterocycles. The van der Waals surface area contributed by atoms with Gasteiger partial charge in [-0.25, -0.2) is 0 Å². The van der Waals surface area contributed by atoms with Crippen molar-refractivity contribution in [3.05, 3.63) is 0 Å².